The van der Waals surface area contributed by atoms with Crippen molar-refractivity contribution in [3.63, 3.8) is 0 Å². The molecule has 43 heavy (non-hydrogen) atoms. The van der Waals surface area contributed by atoms with Gasteiger partial charge in [0.1, 0.15) is 11.2 Å². The van der Waals surface area contributed by atoms with Gasteiger partial charge in [0.05, 0.1) is 2.74 Å². The number of fused-ring (bicyclic) bond motifs is 6. The van der Waals surface area contributed by atoms with E-state index in [0.717, 1.165) is 65.7 Å². The van der Waals surface area contributed by atoms with Crippen molar-refractivity contribution in [3.05, 3.63) is 158 Å². The van der Waals surface area contributed by atoms with Gasteiger partial charge in [0.25, 0.3) is 0 Å². The smallest absolute Gasteiger partial charge is 0.135 e. The molecule has 0 amide bonds. The first kappa shape index (κ1) is 22.0. The average molecular weight is 549 g/mol. The second kappa shape index (κ2) is 9.44. The van der Waals surface area contributed by atoms with Crippen LogP contribution in [-0.4, -0.2) is 0 Å². The zero-order valence-corrected chi connectivity index (χ0v) is 23.3. The van der Waals surface area contributed by atoms with Crippen LogP contribution in [0.15, 0.2) is 162 Å². The highest BCUT2D eigenvalue weighted by molar-refractivity contribution is 6.22. The molecule has 0 radical (unpaired) electrons. The molecule has 1 heterocycles. The molecular weight excluding hydrogens is 520 g/mol. The van der Waals surface area contributed by atoms with E-state index in [2.05, 4.69) is 103 Å². The van der Waals surface area contributed by atoms with Gasteiger partial charge in [-0.15, -0.1) is 0 Å². The molecule has 0 N–H and O–H groups in total. The van der Waals surface area contributed by atoms with Crippen molar-refractivity contribution in [2.24, 2.45) is 0 Å². The van der Waals surface area contributed by atoms with E-state index in [4.69, 9.17) is 7.16 Å². The first-order chi connectivity index (χ1) is 22.1. The Balaban J connectivity index is 1.30. The number of para-hydroxylation sites is 1. The quantitative estimate of drug-likeness (QED) is 0.200. The lowest BCUT2D eigenvalue weighted by atomic mass is 9.85. The Labute approximate surface area is 252 Å². The Morgan fingerprint density at radius 3 is 1.74 bits per heavy atom. The van der Waals surface area contributed by atoms with E-state index in [1.807, 2.05) is 42.5 Å². The van der Waals surface area contributed by atoms with Crippen LogP contribution in [0.3, 0.4) is 0 Å². The first-order valence-electron chi connectivity index (χ1n) is 15.6. The van der Waals surface area contributed by atoms with Gasteiger partial charge >= 0.3 is 0 Å². The minimum Gasteiger partial charge on any atom is -0.456 e. The van der Waals surface area contributed by atoms with Gasteiger partial charge < -0.3 is 4.42 Å². The van der Waals surface area contributed by atoms with Crippen LogP contribution >= 0.6 is 0 Å². The van der Waals surface area contributed by atoms with Gasteiger partial charge in [0.15, 0.2) is 0 Å². The predicted octanol–water partition coefficient (Wildman–Crippen LogP) is 12.0. The topological polar surface area (TPSA) is 13.1 Å². The zero-order chi connectivity index (χ0) is 30.1. The van der Waals surface area contributed by atoms with Gasteiger partial charge in [0.2, 0.25) is 0 Å². The fraction of sp³-hybridized carbons (Fsp3) is 0. The van der Waals surface area contributed by atoms with Crippen molar-refractivity contribution in [3.8, 4) is 33.4 Å². The second-order valence-corrected chi connectivity index (χ2v) is 11.1. The summed E-state index contributed by atoms with van der Waals surface area (Å²) in [6.07, 6.45) is 0. The second-order valence-electron chi connectivity index (χ2n) is 11.1. The van der Waals surface area contributed by atoms with E-state index < -0.39 is 0 Å². The van der Waals surface area contributed by atoms with Gasteiger partial charge in [-0.2, -0.15) is 0 Å². The highest BCUT2D eigenvalue weighted by atomic mass is 16.3. The van der Waals surface area contributed by atoms with Crippen LogP contribution in [-0.2, 0) is 0 Å². The maximum absolute atomic E-state index is 8.94. The third-order valence-electron chi connectivity index (χ3n) is 8.68. The summed E-state index contributed by atoms with van der Waals surface area (Å²) in [6.45, 7) is 0. The Hall–Kier alpha value is -5.66. The summed E-state index contributed by atoms with van der Waals surface area (Å²) in [6, 6.07) is 51.4. The summed E-state index contributed by atoms with van der Waals surface area (Å²) >= 11 is 0. The molecule has 9 rings (SSSR count). The third-order valence-corrected chi connectivity index (χ3v) is 8.68. The largest absolute Gasteiger partial charge is 0.456 e. The van der Waals surface area contributed by atoms with E-state index in [9.17, 15) is 0 Å². The molecule has 0 fully saturated rings. The van der Waals surface area contributed by atoms with Crippen LogP contribution < -0.4 is 0 Å². The van der Waals surface area contributed by atoms with Gasteiger partial charge in [-0.3, -0.25) is 0 Å². The van der Waals surface area contributed by atoms with Gasteiger partial charge in [-0.1, -0.05) is 127 Å². The average Bonchev–Trinajstić information content (AvgIpc) is 3.46. The molecule has 0 aliphatic rings. The minimum absolute atomic E-state index is 0.387. The molecule has 0 saturated heterocycles. The fourth-order valence-corrected chi connectivity index (χ4v) is 6.71. The Bertz CT molecular complexity index is 2570. The number of furan rings is 1. The number of benzene rings is 8. The monoisotopic (exact) mass is 548 g/mol. The molecule has 1 aromatic heterocycles. The summed E-state index contributed by atoms with van der Waals surface area (Å²) in [5.74, 6) is 0. The molecule has 1 nitrogen and oxygen atoms in total. The van der Waals surface area contributed by atoms with E-state index in [1.54, 1.807) is 0 Å². The van der Waals surface area contributed by atoms with Crippen LogP contribution in [0, 0.1) is 0 Å². The molecule has 0 aliphatic carbocycles. The van der Waals surface area contributed by atoms with Gasteiger partial charge in [0, 0.05) is 10.8 Å². The molecule has 1 heteroatoms. The molecule has 0 aliphatic heterocycles. The molecule has 9 aromatic rings. The van der Waals surface area contributed by atoms with Crippen molar-refractivity contribution in [1.29, 1.82) is 0 Å². The number of rotatable bonds is 3. The zero-order valence-electron chi connectivity index (χ0n) is 25.3. The number of hydrogen-bond donors (Lipinski definition) is 0. The van der Waals surface area contributed by atoms with Crippen LogP contribution in [0.25, 0.3) is 87.6 Å². The summed E-state index contributed by atoms with van der Waals surface area (Å²) < 4.78 is 23.0. The molecule has 0 bridgehead atoms. The van der Waals surface area contributed by atoms with E-state index in [0.29, 0.717) is 17.7 Å². The normalized spacial score (nSPS) is 12.4. The Morgan fingerprint density at radius 1 is 0.372 bits per heavy atom. The lowest BCUT2D eigenvalue weighted by Crippen LogP contribution is -1.91. The van der Waals surface area contributed by atoms with Crippen LogP contribution in [0.4, 0.5) is 0 Å². The molecule has 8 aromatic carbocycles. The van der Waals surface area contributed by atoms with E-state index >= 15 is 0 Å². The standard InChI is InChI=1S/C42H26O/c1-2-11-28-24-30(21-20-27(28)10-1)29-12-9-13-31(25-29)41-34-15-3-5-17-36(34)42(37-18-6-4-16-35(37)41)32-22-23-40-38(26-32)33-14-7-8-19-39(33)43-40/h1-26H/i1D,23D. The molecule has 0 saturated carbocycles. The maximum atomic E-state index is 8.94. The molecule has 200 valence electrons. The van der Waals surface area contributed by atoms with Crippen molar-refractivity contribution in [2.45, 2.75) is 0 Å². The van der Waals surface area contributed by atoms with Crippen molar-refractivity contribution < 1.29 is 7.16 Å². The summed E-state index contributed by atoms with van der Waals surface area (Å²) in [4.78, 5) is 0. The predicted molar refractivity (Wildman–Crippen MR) is 183 cm³/mol. The SMILES string of the molecule is [2H]c1ccc2cc(-c3cccc(-c4c5ccccc5c(-c5cc([2H])c6oc7ccccc7c6c5)c5ccccc45)c3)ccc2c1. The van der Waals surface area contributed by atoms with Crippen LogP contribution in [0.1, 0.15) is 2.74 Å². The van der Waals surface area contributed by atoms with E-state index in [-0.39, 0.29) is 0 Å². The van der Waals surface area contributed by atoms with Crippen LogP contribution in [0.5, 0.6) is 0 Å². The van der Waals surface area contributed by atoms with Crippen molar-refractivity contribution >= 4 is 54.3 Å². The minimum atomic E-state index is 0.387. The van der Waals surface area contributed by atoms with E-state index in [1.165, 1.54) is 16.3 Å². The first-order valence-corrected chi connectivity index (χ1v) is 14.6. The maximum Gasteiger partial charge on any atom is 0.135 e. The van der Waals surface area contributed by atoms with Crippen molar-refractivity contribution in [2.75, 3.05) is 0 Å². The molecule has 0 unspecified atom stereocenters. The number of hydrogen-bond acceptors (Lipinski definition) is 1. The highest BCUT2D eigenvalue weighted by Crippen LogP contribution is 2.45. The lowest BCUT2D eigenvalue weighted by Gasteiger charge is -2.18. The Kier molecular flexibility index (Phi) is 4.83. The third kappa shape index (κ3) is 3.79. The van der Waals surface area contributed by atoms with Gasteiger partial charge in [-0.25, -0.2) is 0 Å². The summed E-state index contributed by atoms with van der Waals surface area (Å²) in [7, 11) is 0. The summed E-state index contributed by atoms with van der Waals surface area (Å²) in [5.41, 5.74) is 8.22. The molecule has 0 atom stereocenters. The van der Waals surface area contributed by atoms with Gasteiger partial charge in [-0.05, 0) is 96.0 Å². The van der Waals surface area contributed by atoms with Crippen molar-refractivity contribution in [1.82, 2.24) is 0 Å². The highest BCUT2D eigenvalue weighted by Gasteiger charge is 2.18. The van der Waals surface area contributed by atoms with Crippen LogP contribution in [0.2, 0.25) is 0 Å². The fourth-order valence-electron chi connectivity index (χ4n) is 6.71. The molecular formula is C42H26O. The lowest BCUT2D eigenvalue weighted by molar-refractivity contribution is 0.669. The summed E-state index contributed by atoms with van der Waals surface area (Å²) in [5, 5.41) is 8.85. The Morgan fingerprint density at radius 2 is 1.00 bits per heavy atom. The molecule has 0 spiro atoms.